The highest BCUT2D eigenvalue weighted by molar-refractivity contribution is 5.97. The van der Waals surface area contributed by atoms with Gasteiger partial charge in [-0.2, -0.15) is 0 Å². The van der Waals surface area contributed by atoms with Crippen LogP contribution in [0, 0.1) is 0 Å². The van der Waals surface area contributed by atoms with Gasteiger partial charge in [0, 0.05) is 12.0 Å². The molecule has 0 radical (unpaired) electrons. The Morgan fingerprint density at radius 1 is 1.40 bits per heavy atom. The summed E-state index contributed by atoms with van der Waals surface area (Å²) in [4.78, 5) is 10.1. The quantitative estimate of drug-likeness (QED) is 0.256. The topological polar surface area (TPSA) is 75.7 Å². The molecule has 0 bridgehead atoms. The van der Waals surface area contributed by atoms with Gasteiger partial charge in [0.05, 0.1) is 0 Å². The van der Waals surface area contributed by atoms with E-state index in [4.69, 9.17) is 10.9 Å². The zero-order chi connectivity index (χ0) is 11.1. The monoisotopic (exact) mass is 204 g/mol. The first-order valence-electron chi connectivity index (χ1n) is 4.46. The molecule has 3 N–H and O–H groups in total. The third-order valence-electron chi connectivity index (χ3n) is 1.86. The van der Waals surface area contributed by atoms with Crippen LogP contribution in [0.1, 0.15) is 17.5 Å². The summed E-state index contributed by atoms with van der Waals surface area (Å²) in [6.07, 6.45) is 4.85. The Morgan fingerprint density at radius 3 is 2.60 bits per heavy atom. The number of aldehydes is 1. The SMILES string of the molecule is NC(=NO)c1ccc(C=CCC=O)cc1. The van der Waals surface area contributed by atoms with Crippen molar-refractivity contribution in [2.75, 3.05) is 0 Å². The third-order valence-corrected chi connectivity index (χ3v) is 1.86. The van der Waals surface area contributed by atoms with E-state index < -0.39 is 0 Å². The van der Waals surface area contributed by atoms with Crippen LogP contribution in [-0.4, -0.2) is 17.3 Å². The fourth-order valence-corrected chi connectivity index (χ4v) is 1.08. The summed E-state index contributed by atoms with van der Waals surface area (Å²) in [5.41, 5.74) is 7.02. The maximum atomic E-state index is 10.1. The summed E-state index contributed by atoms with van der Waals surface area (Å²) in [5.74, 6) is 0.0819. The average molecular weight is 204 g/mol. The van der Waals surface area contributed by atoms with Crippen LogP contribution < -0.4 is 5.73 Å². The predicted molar refractivity (Wildman–Crippen MR) is 58.7 cm³/mol. The molecular weight excluding hydrogens is 192 g/mol. The Kier molecular flexibility index (Phi) is 4.09. The number of carbonyl (C=O) groups is 1. The Labute approximate surface area is 87.7 Å². The van der Waals surface area contributed by atoms with Gasteiger partial charge in [-0.25, -0.2) is 0 Å². The van der Waals surface area contributed by atoms with Crippen molar-refractivity contribution in [1.82, 2.24) is 0 Å². The van der Waals surface area contributed by atoms with Gasteiger partial charge >= 0.3 is 0 Å². The lowest BCUT2D eigenvalue weighted by Gasteiger charge is -1.98. The van der Waals surface area contributed by atoms with Crippen molar-refractivity contribution in [3.63, 3.8) is 0 Å². The molecule has 0 saturated heterocycles. The first-order valence-corrected chi connectivity index (χ1v) is 4.46. The molecule has 15 heavy (non-hydrogen) atoms. The Balaban J connectivity index is 2.76. The number of carbonyl (C=O) groups excluding carboxylic acids is 1. The fraction of sp³-hybridized carbons (Fsp3) is 0.0909. The molecule has 0 aromatic heterocycles. The summed E-state index contributed by atoms with van der Waals surface area (Å²) in [6, 6.07) is 7.15. The second-order valence-electron chi connectivity index (χ2n) is 2.91. The summed E-state index contributed by atoms with van der Waals surface area (Å²) in [6.45, 7) is 0. The summed E-state index contributed by atoms with van der Waals surface area (Å²) >= 11 is 0. The van der Waals surface area contributed by atoms with E-state index in [0.717, 1.165) is 11.8 Å². The Hall–Kier alpha value is -2.10. The number of benzene rings is 1. The zero-order valence-corrected chi connectivity index (χ0v) is 8.13. The predicted octanol–water partition coefficient (Wildman–Crippen LogP) is 1.38. The molecule has 1 rings (SSSR count). The molecule has 1 aromatic carbocycles. The summed E-state index contributed by atoms with van der Waals surface area (Å²) in [5, 5.41) is 11.3. The molecule has 0 heterocycles. The summed E-state index contributed by atoms with van der Waals surface area (Å²) in [7, 11) is 0. The fourth-order valence-electron chi connectivity index (χ4n) is 1.08. The second kappa shape index (κ2) is 5.59. The minimum Gasteiger partial charge on any atom is -0.409 e. The maximum absolute atomic E-state index is 10.1. The average Bonchev–Trinajstić information content (AvgIpc) is 2.29. The minimum absolute atomic E-state index is 0.0819. The van der Waals surface area contributed by atoms with E-state index in [9.17, 15) is 4.79 Å². The molecule has 0 spiro atoms. The van der Waals surface area contributed by atoms with Crippen molar-refractivity contribution in [1.29, 1.82) is 0 Å². The van der Waals surface area contributed by atoms with Gasteiger partial charge in [0.1, 0.15) is 6.29 Å². The van der Waals surface area contributed by atoms with E-state index in [0.29, 0.717) is 12.0 Å². The summed E-state index contributed by atoms with van der Waals surface area (Å²) < 4.78 is 0. The van der Waals surface area contributed by atoms with Crippen molar-refractivity contribution in [2.24, 2.45) is 10.9 Å². The van der Waals surface area contributed by atoms with E-state index in [-0.39, 0.29) is 5.84 Å². The highest BCUT2D eigenvalue weighted by atomic mass is 16.4. The molecule has 0 fully saturated rings. The molecule has 0 unspecified atom stereocenters. The van der Waals surface area contributed by atoms with Crippen LogP contribution in [-0.2, 0) is 4.79 Å². The standard InChI is InChI=1S/C11H12N2O2/c12-11(13-15)10-6-4-9(5-7-10)3-1-2-8-14/h1,3-8,15H,2H2,(H2,12,13). The van der Waals surface area contributed by atoms with Crippen LogP contribution >= 0.6 is 0 Å². The normalized spacial score (nSPS) is 11.9. The Bertz CT molecular complexity index is 380. The number of hydrogen-bond donors (Lipinski definition) is 2. The van der Waals surface area contributed by atoms with Crippen molar-refractivity contribution < 1.29 is 10.0 Å². The number of rotatable bonds is 4. The van der Waals surface area contributed by atoms with Gasteiger partial charge in [-0.05, 0) is 5.56 Å². The molecule has 0 saturated carbocycles. The molecule has 0 aliphatic carbocycles. The number of nitrogens with two attached hydrogens (primary N) is 1. The first kappa shape index (κ1) is 11.0. The number of allylic oxidation sites excluding steroid dienone is 1. The van der Waals surface area contributed by atoms with E-state index in [1.807, 2.05) is 18.2 Å². The van der Waals surface area contributed by atoms with Crippen molar-refractivity contribution in [3.05, 3.63) is 41.5 Å². The molecule has 78 valence electrons. The van der Waals surface area contributed by atoms with E-state index in [1.54, 1.807) is 18.2 Å². The number of amidine groups is 1. The van der Waals surface area contributed by atoms with Crippen LogP contribution in [0.15, 0.2) is 35.5 Å². The lowest BCUT2D eigenvalue weighted by Crippen LogP contribution is -2.12. The smallest absolute Gasteiger partial charge is 0.170 e. The number of hydrogen-bond acceptors (Lipinski definition) is 3. The largest absolute Gasteiger partial charge is 0.409 e. The highest BCUT2D eigenvalue weighted by Crippen LogP contribution is 2.06. The van der Waals surface area contributed by atoms with E-state index in [1.165, 1.54) is 0 Å². The lowest BCUT2D eigenvalue weighted by molar-refractivity contribution is -0.107. The molecule has 0 aliphatic rings. The van der Waals surface area contributed by atoms with Gasteiger partial charge in [0.15, 0.2) is 5.84 Å². The van der Waals surface area contributed by atoms with E-state index in [2.05, 4.69) is 5.16 Å². The van der Waals surface area contributed by atoms with Gasteiger partial charge in [-0.15, -0.1) is 0 Å². The van der Waals surface area contributed by atoms with Crippen LogP contribution in [0.4, 0.5) is 0 Å². The van der Waals surface area contributed by atoms with Crippen LogP contribution in [0.5, 0.6) is 0 Å². The van der Waals surface area contributed by atoms with E-state index >= 15 is 0 Å². The van der Waals surface area contributed by atoms with Crippen molar-refractivity contribution in [2.45, 2.75) is 6.42 Å². The maximum Gasteiger partial charge on any atom is 0.170 e. The minimum atomic E-state index is 0.0819. The molecular formula is C11H12N2O2. The first-order chi connectivity index (χ1) is 7.27. The van der Waals surface area contributed by atoms with Gasteiger partial charge in [0.25, 0.3) is 0 Å². The molecule has 1 aromatic rings. The third kappa shape index (κ3) is 3.27. The second-order valence-corrected chi connectivity index (χ2v) is 2.91. The van der Waals surface area contributed by atoms with Gasteiger partial charge in [-0.1, -0.05) is 41.6 Å². The molecule has 4 nitrogen and oxygen atoms in total. The lowest BCUT2D eigenvalue weighted by atomic mass is 10.1. The zero-order valence-electron chi connectivity index (χ0n) is 8.13. The van der Waals surface area contributed by atoms with Crippen LogP contribution in [0.2, 0.25) is 0 Å². The van der Waals surface area contributed by atoms with Crippen molar-refractivity contribution >= 4 is 18.2 Å². The van der Waals surface area contributed by atoms with Gasteiger partial charge in [0.2, 0.25) is 0 Å². The highest BCUT2D eigenvalue weighted by Gasteiger charge is 1.96. The Morgan fingerprint density at radius 2 is 2.07 bits per heavy atom. The molecule has 4 heteroatoms. The molecule has 0 amide bonds. The molecule has 0 aliphatic heterocycles. The van der Waals surface area contributed by atoms with Crippen LogP contribution in [0.3, 0.4) is 0 Å². The molecule has 0 atom stereocenters. The van der Waals surface area contributed by atoms with Crippen LogP contribution in [0.25, 0.3) is 6.08 Å². The van der Waals surface area contributed by atoms with Gasteiger partial charge < -0.3 is 15.7 Å². The van der Waals surface area contributed by atoms with Gasteiger partial charge in [-0.3, -0.25) is 0 Å². The number of nitrogens with zero attached hydrogens (tertiary/aromatic N) is 1. The van der Waals surface area contributed by atoms with Crippen molar-refractivity contribution in [3.8, 4) is 0 Å². The number of oxime groups is 1.